The SMILES string of the molecule is O=C(CCCNC1CCN(C2CC2)C1)NC1CC1. The van der Waals surface area contributed by atoms with Crippen molar-refractivity contribution in [2.24, 2.45) is 0 Å². The van der Waals surface area contributed by atoms with Gasteiger partial charge >= 0.3 is 0 Å². The summed E-state index contributed by atoms with van der Waals surface area (Å²) in [6.45, 7) is 3.48. The van der Waals surface area contributed by atoms with Gasteiger partial charge < -0.3 is 10.6 Å². The van der Waals surface area contributed by atoms with E-state index in [0.717, 1.165) is 19.0 Å². The third-order valence-corrected chi connectivity index (χ3v) is 4.24. The van der Waals surface area contributed by atoms with Crippen molar-refractivity contribution >= 4 is 5.91 Å². The van der Waals surface area contributed by atoms with Gasteiger partial charge in [0.15, 0.2) is 0 Å². The normalized spacial score (nSPS) is 28.6. The van der Waals surface area contributed by atoms with Crippen molar-refractivity contribution in [1.29, 1.82) is 0 Å². The third-order valence-electron chi connectivity index (χ3n) is 4.24. The Hall–Kier alpha value is -0.610. The molecule has 1 amide bonds. The molecule has 0 spiro atoms. The Bertz CT molecular complexity index is 299. The second-order valence-electron chi connectivity index (χ2n) is 6.11. The van der Waals surface area contributed by atoms with Gasteiger partial charge in [-0.2, -0.15) is 0 Å². The monoisotopic (exact) mass is 251 g/mol. The average Bonchev–Trinajstić information content (AvgIpc) is 3.27. The molecule has 0 aromatic rings. The zero-order valence-corrected chi connectivity index (χ0v) is 11.2. The Morgan fingerprint density at radius 3 is 2.67 bits per heavy atom. The summed E-state index contributed by atoms with van der Waals surface area (Å²) in [7, 11) is 0. The Kier molecular flexibility index (Phi) is 3.85. The molecular formula is C14H25N3O. The summed E-state index contributed by atoms with van der Waals surface area (Å²) in [5.74, 6) is 0.241. The third kappa shape index (κ3) is 3.69. The summed E-state index contributed by atoms with van der Waals surface area (Å²) in [6.07, 6.45) is 8.13. The molecule has 102 valence electrons. The maximum Gasteiger partial charge on any atom is 0.220 e. The molecule has 1 aliphatic heterocycles. The van der Waals surface area contributed by atoms with Gasteiger partial charge in [-0.25, -0.2) is 0 Å². The number of hydrogen-bond acceptors (Lipinski definition) is 3. The number of nitrogens with one attached hydrogen (secondary N) is 2. The smallest absolute Gasteiger partial charge is 0.220 e. The molecule has 18 heavy (non-hydrogen) atoms. The van der Waals surface area contributed by atoms with Gasteiger partial charge in [0.2, 0.25) is 5.91 Å². The number of amides is 1. The second-order valence-corrected chi connectivity index (χ2v) is 6.11. The van der Waals surface area contributed by atoms with E-state index in [4.69, 9.17) is 0 Å². The quantitative estimate of drug-likeness (QED) is 0.660. The van der Waals surface area contributed by atoms with Crippen molar-refractivity contribution in [3.63, 3.8) is 0 Å². The largest absolute Gasteiger partial charge is 0.353 e. The predicted molar refractivity (Wildman–Crippen MR) is 71.4 cm³/mol. The highest BCUT2D eigenvalue weighted by atomic mass is 16.1. The lowest BCUT2D eigenvalue weighted by molar-refractivity contribution is -0.121. The number of hydrogen-bond donors (Lipinski definition) is 2. The van der Waals surface area contributed by atoms with Gasteiger partial charge in [0.05, 0.1) is 0 Å². The molecule has 0 aromatic carbocycles. The minimum Gasteiger partial charge on any atom is -0.353 e. The Morgan fingerprint density at radius 1 is 1.11 bits per heavy atom. The zero-order chi connectivity index (χ0) is 12.4. The molecule has 1 unspecified atom stereocenters. The van der Waals surface area contributed by atoms with Crippen molar-refractivity contribution in [3.8, 4) is 0 Å². The van der Waals surface area contributed by atoms with Crippen LogP contribution in [0.15, 0.2) is 0 Å². The molecule has 4 nitrogen and oxygen atoms in total. The van der Waals surface area contributed by atoms with E-state index in [1.54, 1.807) is 0 Å². The van der Waals surface area contributed by atoms with Crippen molar-refractivity contribution in [3.05, 3.63) is 0 Å². The van der Waals surface area contributed by atoms with Crippen molar-refractivity contribution < 1.29 is 4.79 Å². The molecule has 1 heterocycles. The van der Waals surface area contributed by atoms with Crippen LogP contribution in [0.2, 0.25) is 0 Å². The van der Waals surface area contributed by atoms with Crippen molar-refractivity contribution in [2.75, 3.05) is 19.6 Å². The van der Waals surface area contributed by atoms with Crippen LogP contribution in [0.3, 0.4) is 0 Å². The molecule has 3 fully saturated rings. The molecule has 2 aliphatic carbocycles. The van der Waals surface area contributed by atoms with Crippen LogP contribution in [0.1, 0.15) is 44.9 Å². The maximum atomic E-state index is 11.5. The molecule has 2 N–H and O–H groups in total. The van der Waals surface area contributed by atoms with Gasteiger partial charge in [-0.05, 0) is 45.1 Å². The van der Waals surface area contributed by atoms with Crippen LogP contribution in [-0.2, 0) is 4.79 Å². The van der Waals surface area contributed by atoms with Gasteiger partial charge in [0.25, 0.3) is 0 Å². The second kappa shape index (κ2) is 5.57. The number of rotatable bonds is 7. The van der Waals surface area contributed by atoms with Crippen LogP contribution >= 0.6 is 0 Å². The van der Waals surface area contributed by atoms with Crippen LogP contribution in [-0.4, -0.2) is 48.6 Å². The molecule has 0 aromatic heterocycles. The van der Waals surface area contributed by atoms with Gasteiger partial charge in [-0.1, -0.05) is 0 Å². The van der Waals surface area contributed by atoms with E-state index in [1.807, 2.05) is 0 Å². The van der Waals surface area contributed by atoms with E-state index >= 15 is 0 Å². The first-order chi connectivity index (χ1) is 8.81. The highest BCUT2D eigenvalue weighted by Gasteiger charge is 2.33. The fourth-order valence-electron chi connectivity index (χ4n) is 2.81. The van der Waals surface area contributed by atoms with Crippen molar-refractivity contribution in [2.45, 2.75) is 63.1 Å². The van der Waals surface area contributed by atoms with E-state index in [1.165, 1.54) is 45.2 Å². The summed E-state index contributed by atoms with van der Waals surface area (Å²) in [4.78, 5) is 14.1. The van der Waals surface area contributed by atoms with Crippen LogP contribution in [0.5, 0.6) is 0 Å². The standard InChI is InChI=1S/C14H25N3O/c18-14(16-11-3-4-11)2-1-8-15-12-7-9-17(10-12)13-5-6-13/h11-13,15H,1-10H2,(H,16,18). The Balaban J connectivity index is 1.22. The van der Waals surface area contributed by atoms with E-state index < -0.39 is 0 Å². The highest BCUT2D eigenvalue weighted by molar-refractivity contribution is 5.76. The molecule has 1 saturated heterocycles. The summed E-state index contributed by atoms with van der Waals surface area (Å²) in [6, 6.07) is 2.07. The lowest BCUT2D eigenvalue weighted by Crippen LogP contribution is -2.34. The lowest BCUT2D eigenvalue weighted by atomic mass is 10.2. The van der Waals surface area contributed by atoms with Crippen LogP contribution < -0.4 is 10.6 Å². The van der Waals surface area contributed by atoms with Crippen LogP contribution in [0, 0.1) is 0 Å². The maximum absolute atomic E-state index is 11.5. The first-order valence-electron chi connectivity index (χ1n) is 7.58. The Morgan fingerprint density at radius 2 is 1.94 bits per heavy atom. The summed E-state index contributed by atoms with van der Waals surface area (Å²) in [5, 5.41) is 6.63. The van der Waals surface area contributed by atoms with Gasteiger partial charge in [0, 0.05) is 37.6 Å². The molecule has 3 aliphatic rings. The molecule has 2 saturated carbocycles. The molecule has 0 bridgehead atoms. The molecule has 0 radical (unpaired) electrons. The van der Waals surface area contributed by atoms with Crippen molar-refractivity contribution in [1.82, 2.24) is 15.5 Å². The topological polar surface area (TPSA) is 44.4 Å². The molecule has 4 heteroatoms. The van der Waals surface area contributed by atoms with E-state index in [0.29, 0.717) is 18.5 Å². The molecule has 1 atom stereocenters. The van der Waals surface area contributed by atoms with E-state index in [9.17, 15) is 4.79 Å². The fraction of sp³-hybridized carbons (Fsp3) is 0.929. The molecule has 3 rings (SSSR count). The van der Waals surface area contributed by atoms with E-state index in [-0.39, 0.29) is 5.91 Å². The van der Waals surface area contributed by atoms with Crippen LogP contribution in [0.4, 0.5) is 0 Å². The number of carbonyl (C=O) groups excluding carboxylic acids is 1. The minimum absolute atomic E-state index is 0.241. The van der Waals surface area contributed by atoms with Crippen LogP contribution in [0.25, 0.3) is 0 Å². The number of likely N-dealkylation sites (tertiary alicyclic amines) is 1. The number of carbonyl (C=O) groups is 1. The fourth-order valence-corrected chi connectivity index (χ4v) is 2.81. The van der Waals surface area contributed by atoms with Gasteiger partial charge in [-0.15, -0.1) is 0 Å². The first-order valence-corrected chi connectivity index (χ1v) is 7.58. The van der Waals surface area contributed by atoms with Gasteiger partial charge in [-0.3, -0.25) is 9.69 Å². The lowest BCUT2D eigenvalue weighted by Gasteiger charge is -2.15. The first kappa shape index (κ1) is 12.4. The summed E-state index contributed by atoms with van der Waals surface area (Å²) in [5.41, 5.74) is 0. The number of nitrogens with zero attached hydrogens (tertiary/aromatic N) is 1. The zero-order valence-electron chi connectivity index (χ0n) is 11.2. The van der Waals surface area contributed by atoms with Gasteiger partial charge in [0.1, 0.15) is 0 Å². The minimum atomic E-state index is 0.241. The highest BCUT2D eigenvalue weighted by Crippen LogP contribution is 2.29. The van der Waals surface area contributed by atoms with E-state index in [2.05, 4.69) is 15.5 Å². The Labute approximate surface area is 109 Å². The summed E-state index contributed by atoms with van der Waals surface area (Å²) >= 11 is 0. The summed E-state index contributed by atoms with van der Waals surface area (Å²) < 4.78 is 0. The average molecular weight is 251 g/mol. The molecular weight excluding hydrogens is 226 g/mol. The predicted octanol–water partition coefficient (Wildman–Crippen LogP) is 0.872.